The fraction of sp³-hybridized carbons (Fsp3) is 0.500. The lowest BCUT2D eigenvalue weighted by atomic mass is 10.1. The summed E-state index contributed by atoms with van der Waals surface area (Å²) in [6.07, 6.45) is 3.62. The van der Waals surface area contributed by atoms with Crippen molar-refractivity contribution in [1.29, 1.82) is 0 Å². The van der Waals surface area contributed by atoms with Gasteiger partial charge in [0.1, 0.15) is 5.78 Å². The molecule has 0 unspecified atom stereocenters. The second-order valence-electron chi connectivity index (χ2n) is 2.57. The van der Waals surface area contributed by atoms with Crippen LogP contribution in [-0.2, 0) is 9.59 Å². The molecule has 0 heterocycles. The topological polar surface area (TPSA) is 34.1 Å². The minimum atomic E-state index is 0.0708. The molecule has 0 bridgehead atoms. The molecule has 1 aliphatic carbocycles. The van der Waals surface area contributed by atoms with Crippen LogP contribution in [0.25, 0.3) is 0 Å². The van der Waals surface area contributed by atoms with E-state index in [4.69, 9.17) is 0 Å². The Labute approximate surface area is 59.9 Å². The molecule has 2 heteroatoms. The highest BCUT2D eigenvalue weighted by atomic mass is 16.1. The van der Waals surface area contributed by atoms with Crippen LogP contribution in [0.15, 0.2) is 11.6 Å². The van der Waals surface area contributed by atoms with Crippen LogP contribution < -0.4 is 0 Å². The quantitative estimate of drug-likeness (QED) is 0.575. The molecule has 0 spiro atoms. The van der Waals surface area contributed by atoms with Crippen LogP contribution in [0.1, 0.15) is 26.2 Å². The Kier molecular flexibility index (Phi) is 2.00. The number of Topliss-reactive ketones (excluding diaryl/α,β-unsaturated/α-hetero) is 2. The van der Waals surface area contributed by atoms with Gasteiger partial charge in [-0.15, -0.1) is 0 Å². The summed E-state index contributed by atoms with van der Waals surface area (Å²) < 4.78 is 0. The van der Waals surface area contributed by atoms with E-state index in [9.17, 15) is 9.59 Å². The van der Waals surface area contributed by atoms with Gasteiger partial charge in [-0.2, -0.15) is 0 Å². The van der Waals surface area contributed by atoms with E-state index in [1.165, 1.54) is 6.92 Å². The first kappa shape index (κ1) is 7.19. The molecule has 0 N–H and O–H groups in total. The normalized spacial score (nSPS) is 17.3. The number of carbonyl (C=O) groups excluding carboxylic acids is 2. The van der Waals surface area contributed by atoms with Crippen LogP contribution in [0.2, 0.25) is 0 Å². The van der Waals surface area contributed by atoms with E-state index in [1.807, 2.05) is 6.08 Å². The van der Waals surface area contributed by atoms with Crippen LogP contribution in [0, 0.1) is 0 Å². The Hall–Kier alpha value is -0.920. The molecule has 1 rings (SSSR count). The van der Waals surface area contributed by atoms with E-state index >= 15 is 0 Å². The molecule has 54 valence electrons. The molecule has 0 radical (unpaired) electrons. The van der Waals surface area contributed by atoms with Gasteiger partial charge in [-0.05, 0) is 18.9 Å². The van der Waals surface area contributed by atoms with E-state index in [0.29, 0.717) is 18.4 Å². The fourth-order valence-electron chi connectivity index (χ4n) is 1.09. The van der Waals surface area contributed by atoms with Crippen LogP contribution in [0.3, 0.4) is 0 Å². The lowest BCUT2D eigenvalue weighted by Crippen LogP contribution is -2.00. The highest BCUT2D eigenvalue weighted by Gasteiger charge is 2.15. The van der Waals surface area contributed by atoms with Gasteiger partial charge in [0.15, 0.2) is 5.78 Å². The van der Waals surface area contributed by atoms with Crippen molar-refractivity contribution in [3.63, 3.8) is 0 Å². The van der Waals surface area contributed by atoms with Gasteiger partial charge in [0.05, 0.1) is 0 Å². The van der Waals surface area contributed by atoms with Crippen LogP contribution >= 0.6 is 0 Å². The molecule has 0 aromatic carbocycles. The Bertz CT molecular complexity index is 201. The van der Waals surface area contributed by atoms with Crippen molar-refractivity contribution in [2.24, 2.45) is 0 Å². The summed E-state index contributed by atoms with van der Waals surface area (Å²) in [4.78, 5) is 21.4. The molecule has 0 saturated carbocycles. The lowest BCUT2D eigenvalue weighted by molar-refractivity contribution is -0.119. The van der Waals surface area contributed by atoms with Crippen molar-refractivity contribution < 1.29 is 9.59 Å². The Morgan fingerprint density at radius 3 is 2.80 bits per heavy atom. The third-order valence-electron chi connectivity index (χ3n) is 1.56. The average Bonchev–Trinajstić information content (AvgIpc) is 2.15. The minimum Gasteiger partial charge on any atom is -0.300 e. The van der Waals surface area contributed by atoms with Crippen molar-refractivity contribution in [3.8, 4) is 0 Å². The van der Waals surface area contributed by atoms with E-state index in [1.54, 1.807) is 0 Å². The monoisotopic (exact) mass is 138 g/mol. The number of hydrogen-bond donors (Lipinski definition) is 0. The summed E-state index contributed by atoms with van der Waals surface area (Å²) in [6, 6.07) is 0. The van der Waals surface area contributed by atoms with Gasteiger partial charge < -0.3 is 0 Å². The van der Waals surface area contributed by atoms with Gasteiger partial charge in [0.2, 0.25) is 0 Å². The number of hydrogen-bond acceptors (Lipinski definition) is 2. The third-order valence-corrected chi connectivity index (χ3v) is 1.56. The smallest absolute Gasteiger partial charge is 0.159 e. The number of ketones is 2. The van der Waals surface area contributed by atoms with E-state index in [-0.39, 0.29) is 11.6 Å². The summed E-state index contributed by atoms with van der Waals surface area (Å²) >= 11 is 0. The summed E-state index contributed by atoms with van der Waals surface area (Å²) in [7, 11) is 0. The zero-order valence-corrected chi connectivity index (χ0v) is 6.02. The van der Waals surface area contributed by atoms with Crippen LogP contribution in [-0.4, -0.2) is 11.6 Å². The Morgan fingerprint density at radius 2 is 2.40 bits per heavy atom. The summed E-state index contributed by atoms with van der Waals surface area (Å²) in [5.74, 6) is 0.219. The van der Waals surface area contributed by atoms with E-state index in [2.05, 4.69) is 0 Å². The van der Waals surface area contributed by atoms with Crippen molar-refractivity contribution in [2.75, 3.05) is 0 Å². The summed E-state index contributed by atoms with van der Waals surface area (Å²) in [6.45, 7) is 1.51. The fourth-order valence-corrected chi connectivity index (χ4v) is 1.09. The maximum atomic E-state index is 10.9. The SMILES string of the molecule is CC(=O)CC1=CCCC1=O. The van der Waals surface area contributed by atoms with Crippen molar-refractivity contribution in [2.45, 2.75) is 26.2 Å². The molecule has 0 fully saturated rings. The molecule has 10 heavy (non-hydrogen) atoms. The van der Waals surface area contributed by atoms with Gasteiger partial charge in [-0.25, -0.2) is 0 Å². The molecular weight excluding hydrogens is 128 g/mol. The molecule has 0 saturated heterocycles. The highest BCUT2D eigenvalue weighted by molar-refractivity contribution is 6.01. The lowest BCUT2D eigenvalue weighted by Gasteiger charge is -1.93. The molecule has 0 aromatic rings. The summed E-state index contributed by atoms with van der Waals surface area (Å²) in [5, 5.41) is 0. The van der Waals surface area contributed by atoms with Crippen LogP contribution in [0.5, 0.6) is 0 Å². The molecule has 1 aliphatic rings. The van der Waals surface area contributed by atoms with Gasteiger partial charge in [0.25, 0.3) is 0 Å². The summed E-state index contributed by atoms with van der Waals surface area (Å²) in [5.41, 5.74) is 0.715. The molecule has 2 nitrogen and oxygen atoms in total. The van der Waals surface area contributed by atoms with Gasteiger partial charge in [-0.3, -0.25) is 9.59 Å². The second-order valence-corrected chi connectivity index (χ2v) is 2.57. The highest BCUT2D eigenvalue weighted by Crippen LogP contribution is 2.16. The van der Waals surface area contributed by atoms with Crippen LogP contribution in [0.4, 0.5) is 0 Å². The zero-order chi connectivity index (χ0) is 7.56. The third kappa shape index (κ3) is 1.53. The van der Waals surface area contributed by atoms with E-state index < -0.39 is 0 Å². The molecule has 0 aromatic heterocycles. The van der Waals surface area contributed by atoms with Crippen molar-refractivity contribution >= 4 is 11.6 Å². The Balaban J connectivity index is 2.56. The molecule has 0 aliphatic heterocycles. The average molecular weight is 138 g/mol. The predicted octanol–water partition coefficient (Wildman–Crippen LogP) is 1.25. The van der Waals surface area contributed by atoms with Gasteiger partial charge in [0, 0.05) is 12.8 Å². The van der Waals surface area contributed by atoms with Gasteiger partial charge in [-0.1, -0.05) is 6.08 Å². The number of allylic oxidation sites excluding steroid dienone is 2. The molecule has 0 amide bonds. The van der Waals surface area contributed by atoms with E-state index in [0.717, 1.165) is 6.42 Å². The maximum Gasteiger partial charge on any atom is 0.159 e. The van der Waals surface area contributed by atoms with Crippen molar-refractivity contribution in [1.82, 2.24) is 0 Å². The first-order valence-electron chi connectivity index (χ1n) is 3.42. The standard InChI is InChI=1S/C8H10O2/c1-6(9)5-7-3-2-4-8(7)10/h3H,2,4-5H2,1H3. The Morgan fingerprint density at radius 1 is 1.70 bits per heavy atom. The van der Waals surface area contributed by atoms with Crippen molar-refractivity contribution in [3.05, 3.63) is 11.6 Å². The first-order chi connectivity index (χ1) is 4.70. The largest absolute Gasteiger partial charge is 0.300 e. The molecule has 0 atom stereocenters. The van der Waals surface area contributed by atoms with Gasteiger partial charge >= 0.3 is 0 Å². The maximum absolute atomic E-state index is 10.9. The second kappa shape index (κ2) is 2.78. The first-order valence-corrected chi connectivity index (χ1v) is 3.42. The number of rotatable bonds is 2. The molecular formula is C8H10O2. The zero-order valence-electron chi connectivity index (χ0n) is 6.02. The minimum absolute atomic E-state index is 0.0708. The predicted molar refractivity (Wildman–Crippen MR) is 37.6 cm³/mol. The number of carbonyl (C=O) groups is 2.